The summed E-state index contributed by atoms with van der Waals surface area (Å²) in [6.07, 6.45) is 0.319. The van der Waals surface area contributed by atoms with E-state index in [4.69, 9.17) is 4.74 Å². The molecule has 0 saturated carbocycles. The standard InChI is InChI=1S/C19H23NO2/c1-13-9-10-16(11-14(13)2)15(3)20-19(21)12-17-7-5-6-8-18(17)22-4/h5-11,15H,12H2,1-4H3,(H,20,21)/t15-/m1/s1. The van der Waals surface area contributed by atoms with E-state index in [-0.39, 0.29) is 11.9 Å². The van der Waals surface area contributed by atoms with Crippen LogP contribution in [0.25, 0.3) is 0 Å². The number of amides is 1. The third kappa shape index (κ3) is 3.88. The predicted octanol–water partition coefficient (Wildman–Crippen LogP) is 3.73. The molecular weight excluding hydrogens is 274 g/mol. The molecular formula is C19H23NO2. The van der Waals surface area contributed by atoms with E-state index < -0.39 is 0 Å². The molecule has 2 aromatic carbocycles. The summed E-state index contributed by atoms with van der Waals surface area (Å²) < 4.78 is 5.28. The van der Waals surface area contributed by atoms with E-state index >= 15 is 0 Å². The highest BCUT2D eigenvalue weighted by Crippen LogP contribution is 2.19. The molecule has 116 valence electrons. The molecule has 0 spiro atoms. The molecule has 1 amide bonds. The highest BCUT2D eigenvalue weighted by atomic mass is 16.5. The van der Waals surface area contributed by atoms with Gasteiger partial charge >= 0.3 is 0 Å². The van der Waals surface area contributed by atoms with Crippen LogP contribution in [0, 0.1) is 13.8 Å². The number of benzene rings is 2. The molecule has 0 aliphatic rings. The van der Waals surface area contributed by atoms with Crippen LogP contribution in [0.4, 0.5) is 0 Å². The van der Waals surface area contributed by atoms with Crippen molar-refractivity contribution in [1.82, 2.24) is 5.32 Å². The second-order valence-electron chi connectivity index (χ2n) is 5.62. The SMILES string of the molecule is COc1ccccc1CC(=O)N[C@H](C)c1ccc(C)c(C)c1. The fourth-order valence-corrected chi connectivity index (χ4v) is 2.43. The number of ether oxygens (including phenoxy) is 1. The monoisotopic (exact) mass is 297 g/mol. The zero-order chi connectivity index (χ0) is 16.1. The van der Waals surface area contributed by atoms with Gasteiger partial charge in [0.15, 0.2) is 0 Å². The summed E-state index contributed by atoms with van der Waals surface area (Å²) in [5, 5.41) is 3.05. The second kappa shape index (κ2) is 7.12. The number of para-hydroxylation sites is 1. The minimum atomic E-state index is -0.0125. The quantitative estimate of drug-likeness (QED) is 0.913. The van der Waals surface area contributed by atoms with Crippen LogP contribution >= 0.6 is 0 Å². The lowest BCUT2D eigenvalue weighted by molar-refractivity contribution is -0.121. The molecule has 3 heteroatoms. The van der Waals surface area contributed by atoms with E-state index in [1.807, 2.05) is 31.2 Å². The maximum absolute atomic E-state index is 12.2. The van der Waals surface area contributed by atoms with Gasteiger partial charge in [0.05, 0.1) is 19.6 Å². The molecule has 22 heavy (non-hydrogen) atoms. The van der Waals surface area contributed by atoms with Gasteiger partial charge in [0.25, 0.3) is 0 Å². The van der Waals surface area contributed by atoms with E-state index in [2.05, 4.69) is 37.4 Å². The molecule has 0 aliphatic carbocycles. The largest absolute Gasteiger partial charge is 0.496 e. The molecule has 0 aliphatic heterocycles. The van der Waals surface area contributed by atoms with Crippen molar-refractivity contribution >= 4 is 5.91 Å². The first-order valence-corrected chi connectivity index (χ1v) is 7.49. The van der Waals surface area contributed by atoms with Crippen molar-refractivity contribution in [2.24, 2.45) is 0 Å². The minimum Gasteiger partial charge on any atom is -0.496 e. The van der Waals surface area contributed by atoms with E-state index in [1.54, 1.807) is 7.11 Å². The van der Waals surface area contributed by atoms with Gasteiger partial charge in [0.2, 0.25) is 5.91 Å². The van der Waals surface area contributed by atoms with Gasteiger partial charge in [-0.15, -0.1) is 0 Å². The molecule has 0 unspecified atom stereocenters. The molecule has 1 N–H and O–H groups in total. The molecule has 0 aromatic heterocycles. The smallest absolute Gasteiger partial charge is 0.225 e. The van der Waals surface area contributed by atoms with E-state index in [0.717, 1.165) is 16.9 Å². The van der Waals surface area contributed by atoms with Crippen LogP contribution < -0.4 is 10.1 Å². The topological polar surface area (TPSA) is 38.3 Å². The summed E-state index contributed by atoms with van der Waals surface area (Å²) >= 11 is 0. The van der Waals surface area contributed by atoms with Crippen molar-refractivity contribution in [2.45, 2.75) is 33.2 Å². The first-order chi connectivity index (χ1) is 10.5. The third-order valence-corrected chi connectivity index (χ3v) is 3.95. The summed E-state index contributed by atoms with van der Waals surface area (Å²) in [4.78, 5) is 12.2. The van der Waals surface area contributed by atoms with Crippen molar-refractivity contribution in [3.8, 4) is 5.75 Å². The number of carbonyl (C=O) groups excluding carboxylic acids is 1. The lowest BCUT2D eigenvalue weighted by Crippen LogP contribution is -2.28. The van der Waals surface area contributed by atoms with E-state index in [9.17, 15) is 4.79 Å². The van der Waals surface area contributed by atoms with Crippen LogP contribution in [0.15, 0.2) is 42.5 Å². The maximum atomic E-state index is 12.2. The first-order valence-electron chi connectivity index (χ1n) is 7.49. The molecule has 0 heterocycles. The minimum absolute atomic E-state index is 0.00442. The molecule has 0 bridgehead atoms. The van der Waals surface area contributed by atoms with Crippen molar-refractivity contribution in [3.63, 3.8) is 0 Å². The lowest BCUT2D eigenvalue weighted by atomic mass is 10.0. The average Bonchev–Trinajstić information content (AvgIpc) is 2.50. The van der Waals surface area contributed by atoms with Gasteiger partial charge in [-0.3, -0.25) is 4.79 Å². The average molecular weight is 297 g/mol. The van der Waals surface area contributed by atoms with Crippen LogP contribution in [-0.4, -0.2) is 13.0 Å². The predicted molar refractivity (Wildman–Crippen MR) is 89.2 cm³/mol. The molecule has 3 nitrogen and oxygen atoms in total. The highest BCUT2D eigenvalue weighted by molar-refractivity contribution is 5.79. The number of carbonyl (C=O) groups is 1. The van der Waals surface area contributed by atoms with Gasteiger partial charge in [0, 0.05) is 5.56 Å². The molecule has 0 saturated heterocycles. The Morgan fingerprint density at radius 3 is 2.55 bits per heavy atom. The Bertz CT molecular complexity index is 664. The molecule has 1 atom stereocenters. The zero-order valence-corrected chi connectivity index (χ0v) is 13.6. The summed E-state index contributed by atoms with van der Waals surface area (Å²) in [5.41, 5.74) is 4.52. The number of nitrogens with one attached hydrogen (secondary N) is 1. The third-order valence-electron chi connectivity index (χ3n) is 3.95. The van der Waals surface area contributed by atoms with Gasteiger partial charge < -0.3 is 10.1 Å². The number of methoxy groups -OCH3 is 1. The van der Waals surface area contributed by atoms with Gasteiger partial charge in [-0.05, 0) is 43.5 Å². The second-order valence-corrected chi connectivity index (χ2v) is 5.62. The zero-order valence-electron chi connectivity index (χ0n) is 13.6. The Morgan fingerprint density at radius 2 is 1.86 bits per heavy atom. The Hall–Kier alpha value is -2.29. The van der Waals surface area contributed by atoms with Gasteiger partial charge in [-0.25, -0.2) is 0 Å². The number of rotatable bonds is 5. The Labute approximate surface area is 132 Å². The molecule has 0 radical (unpaired) electrons. The highest BCUT2D eigenvalue weighted by Gasteiger charge is 2.12. The van der Waals surface area contributed by atoms with Crippen molar-refractivity contribution in [3.05, 3.63) is 64.7 Å². The van der Waals surface area contributed by atoms with Crippen LogP contribution in [0.2, 0.25) is 0 Å². The summed E-state index contributed by atoms with van der Waals surface area (Å²) in [7, 11) is 1.62. The summed E-state index contributed by atoms with van der Waals surface area (Å²) in [6, 6.07) is 13.9. The number of hydrogen-bond donors (Lipinski definition) is 1. The van der Waals surface area contributed by atoms with Crippen molar-refractivity contribution in [2.75, 3.05) is 7.11 Å². The van der Waals surface area contributed by atoms with Crippen LogP contribution in [0.5, 0.6) is 5.75 Å². The molecule has 2 aromatic rings. The normalized spacial score (nSPS) is 11.8. The molecule has 2 rings (SSSR count). The Balaban J connectivity index is 2.03. The van der Waals surface area contributed by atoms with Crippen LogP contribution in [0.3, 0.4) is 0 Å². The van der Waals surface area contributed by atoms with E-state index in [1.165, 1.54) is 11.1 Å². The van der Waals surface area contributed by atoms with Gasteiger partial charge in [-0.2, -0.15) is 0 Å². The summed E-state index contributed by atoms with van der Waals surface area (Å²) in [6.45, 7) is 6.18. The Morgan fingerprint density at radius 1 is 1.14 bits per heavy atom. The first kappa shape index (κ1) is 16.1. The number of aryl methyl sites for hydroxylation is 2. The van der Waals surface area contributed by atoms with Gasteiger partial charge in [0.1, 0.15) is 5.75 Å². The van der Waals surface area contributed by atoms with Crippen LogP contribution in [0.1, 0.15) is 35.2 Å². The molecule has 0 fully saturated rings. The number of hydrogen-bond acceptors (Lipinski definition) is 2. The Kier molecular flexibility index (Phi) is 5.21. The fourth-order valence-electron chi connectivity index (χ4n) is 2.43. The van der Waals surface area contributed by atoms with E-state index in [0.29, 0.717) is 6.42 Å². The fraction of sp³-hybridized carbons (Fsp3) is 0.316. The van der Waals surface area contributed by atoms with Crippen LogP contribution in [-0.2, 0) is 11.2 Å². The maximum Gasteiger partial charge on any atom is 0.225 e. The van der Waals surface area contributed by atoms with Crippen molar-refractivity contribution < 1.29 is 9.53 Å². The van der Waals surface area contributed by atoms with Crippen molar-refractivity contribution in [1.29, 1.82) is 0 Å². The lowest BCUT2D eigenvalue weighted by Gasteiger charge is -2.16. The summed E-state index contributed by atoms with van der Waals surface area (Å²) in [5.74, 6) is 0.742. The van der Waals surface area contributed by atoms with Gasteiger partial charge in [-0.1, -0.05) is 36.4 Å².